The largest absolute Gasteiger partial charge is 0.462 e. The molecule has 6 nitrogen and oxygen atoms in total. The van der Waals surface area contributed by atoms with Crippen LogP contribution in [0.3, 0.4) is 0 Å². The number of unbranched alkanes of at least 4 members (excludes halogenated alkanes) is 50. The molecule has 0 rings (SSSR count). The maximum atomic E-state index is 13.0. The first-order valence-electron chi connectivity index (χ1n) is 37.1. The van der Waals surface area contributed by atoms with E-state index in [0.29, 0.717) is 19.3 Å². The Bertz CT molecular complexity index is 1430. The summed E-state index contributed by atoms with van der Waals surface area (Å²) in [4.78, 5) is 38.5. The van der Waals surface area contributed by atoms with E-state index in [1.165, 1.54) is 302 Å². The van der Waals surface area contributed by atoms with E-state index in [1.807, 2.05) is 0 Å². The molecule has 0 N–H and O–H groups in total. The van der Waals surface area contributed by atoms with Crippen LogP contribution in [0.1, 0.15) is 406 Å². The zero-order valence-corrected chi connectivity index (χ0v) is 56.0. The van der Waals surface area contributed by atoms with Crippen molar-refractivity contribution in [1.82, 2.24) is 0 Å². The van der Waals surface area contributed by atoms with Gasteiger partial charge < -0.3 is 14.2 Å². The van der Waals surface area contributed by atoms with E-state index >= 15 is 0 Å². The van der Waals surface area contributed by atoms with E-state index in [9.17, 15) is 14.4 Å². The Kier molecular flexibility index (Phi) is 69.6. The molecule has 0 aromatic carbocycles. The van der Waals surface area contributed by atoms with Crippen LogP contribution < -0.4 is 0 Å². The summed E-state index contributed by atoms with van der Waals surface area (Å²) in [5.74, 6) is -0.849. The summed E-state index contributed by atoms with van der Waals surface area (Å²) in [6.45, 7) is 6.69. The van der Waals surface area contributed by atoms with Crippen LogP contribution >= 0.6 is 0 Å². The standard InChI is InChI=1S/C77H142O6/c1-4-7-10-13-16-19-22-25-28-31-33-35-36-37-38-39-40-42-43-46-49-52-55-58-61-64-67-70-76(79)82-73-74(72-81-75(78)69-66-63-60-57-54-51-48-45-30-27-24-21-18-15-12-9-6-3)83-77(80)71-68-65-62-59-56-53-50-47-44-41-34-32-29-26-23-20-17-14-11-8-5-2/h22,25,27,30-34,74H,4-21,23-24,26,28-29,35-73H2,1-3H3/b25-22-,30-27-,33-31-,34-32-. The van der Waals surface area contributed by atoms with Crippen LogP contribution in [0.5, 0.6) is 0 Å². The number of esters is 3. The monoisotopic (exact) mass is 1160 g/mol. The second-order valence-electron chi connectivity index (χ2n) is 25.2. The van der Waals surface area contributed by atoms with Crippen LogP contribution in [-0.4, -0.2) is 37.2 Å². The van der Waals surface area contributed by atoms with E-state index in [-0.39, 0.29) is 31.1 Å². The van der Waals surface area contributed by atoms with Crippen molar-refractivity contribution in [2.75, 3.05) is 13.2 Å². The molecule has 0 aromatic rings. The molecule has 0 saturated carbocycles. The lowest BCUT2D eigenvalue weighted by Crippen LogP contribution is -2.30. The fraction of sp³-hybridized carbons (Fsp3) is 0.857. The van der Waals surface area contributed by atoms with Gasteiger partial charge in [-0.3, -0.25) is 14.4 Å². The van der Waals surface area contributed by atoms with Crippen molar-refractivity contribution >= 4 is 17.9 Å². The van der Waals surface area contributed by atoms with Gasteiger partial charge in [0.1, 0.15) is 13.2 Å². The lowest BCUT2D eigenvalue weighted by Gasteiger charge is -2.18. The Labute approximate surface area is 518 Å². The molecule has 0 aliphatic heterocycles. The van der Waals surface area contributed by atoms with Crippen molar-refractivity contribution in [2.45, 2.75) is 412 Å². The fourth-order valence-corrected chi connectivity index (χ4v) is 11.2. The molecular formula is C77H142O6. The first kappa shape index (κ1) is 80.4. The maximum absolute atomic E-state index is 13.0. The summed E-state index contributed by atoms with van der Waals surface area (Å²) in [5.41, 5.74) is 0. The van der Waals surface area contributed by atoms with Gasteiger partial charge in [0.25, 0.3) is 0 Å². The first-order valence-corrected chi connectivity index (χ1v) is 37.1. The van der Waals surface area contributed by atoms with Gasteiger partial charge in [-0.15, -0.1) is 0 Å². The number of hydrogen-bond donors (Lipinski definition) is 0. The molecule has 0 saturated heterocycles. The molecule has 0 radical (unpaired) electrons. The minimum absolute atomic E-state index is 0.0714. The molecule has 0 bridgehead atoms. The third-order valence-electron chi connectivity index (χ3n) is 16.8. The predicted octanol–water partition coefficient (Wildman–Crippen LogP) is 25.7. The van der Waals surface area contributed by atoms with Crippen molar-refractivity contribution in [2.24, 2.45) is 0 Å². The molecule has 0 heterocycles. The summed E-state index contributed by atoms with van der Waals surface area (Å²) in [7, 11) is 0. The zero-order valence-electron chi connectivity index (χ0n) is 56.0. The van der Waals surface area contributed by atoms with E-state index in [2.05, 4.69) is 69.4 Å². The van der Waals surface area contributed by atoms with Crippen molar-refractivity contribution in [3.63, 3.8) is 0 Å². The number of hydrogen-bond acceptors (Lipinski definition) is 6. The molecule has 0 amide bonds. The van der Waals surface area contributed by atoms with Gasteiger partial charge in [0.2, 0.25) is 0 Å². The Morgan fingerprint density at radius 3 is 0.675 bits per heavy atom. The molecule has 0 fully saturated rings. The van der Waals surface area contributed by atoms with Crippen molar-refractivity contribution in [3.05, 3.63) is 48.6 Å². The molecule has 83 heavy (non-hydrogen) atoms. The number of carbonyl (C=O) groups excluding carboxylic acids is 3. The van der Waals surface area contributed by atoms with Crippen LogP contribution in [0.25, 0.3) is 0 Å². The van der Waals surface area contributed by atoms with E-state index in [0.717, 1.165) is 64.2 Å². The average molecular weight is 1160 g/mol. The molecule has 0 aliphatic rings. The molecular weight excluding hydrogens is 1020 g/mol. The molecule has 486 valence electrons. The normalized spacial score (nSPS) is 12.3. The van der Waals surface area contributed by atoms with Crippen molar-refractivity contribution < 1.29 is 28.6 Å². The lowest BCUT2D eigenvalue weighted by atomic mass is 10.0. The van der Waals surface area contributed by atoms with Crippen molar-refractivity contribution in [3.8, 4) is 0 Å². The topological polar surface area (TPSA) is 78.9 Å². The van der Waals surface area contributed by atoms with Crippen molar-refractivity contribution in [1.29, 1.82) is 0 Å². The fourth-order valence-electron chi connectivity index (χ4n) is 11.2. The number of carbonyl (C=O) groups is 3. The second-order valence-corrected chi connectivity index (χ2v) is 25.2. The third-order valence-corrected chi connectivity index (χ3v) is 16.8. The Morgan fingerprint density at radius 1 is 0.241 bits per heavy atom. The molecule has 1 unspecified atom stereocenters. The highest BCUT2D eigenvalue weighted by Crippen LogP contribution is 2.18. The molecule has 0 aromatic heterocycles. The van der Waals surface area contributed by atoms with Gasteiger partial charge in [0.15, 0.2) is 6.10 Å². The summed E-state index contributed by atoms with van der Waals surface area (Å²) in [5, 5.41) is 0. The van der Waals surface area contributed by atoms with Gasteiger partial charge >= 0.3 is 17.9 Å². The second kappa shape index (κ2) is 71.8. The Morgan fingerprint density at radius 2 is 0.434 bits per heavy atom. The van der Waals surface area contributed by atoms with Gasteiger partial charge in [0.05, 0.1) is 0 Å². The zero-order chi connectivity index (χ0) is 59.9. The van der Waals surface area contributed by atoms with Crippen LogP contribution in [0.15, 0.2) is 48.6 Å². The minimum atomic E-state index is -0.777. The lowest BCUT2D eigenvalue weighted by molar-refractivity contribution is -0.167. The van der Waals surface area contributed by atoms with Crippen LogP contribution in [0.2, 0.25) is 0 Å². The highest BCUT2D eigenvalue weighted by atomic mass is 16.6. The molecule has 0 spiro atoms. The van der Waals surface area contributed by atoms with Gasteiger partial charge in [-0.1, -0.05) is 333 Å². The summed E-state index contributed by atoms with van der Waals surface area (Å²) < 4.78 is 17.0. The Hall–Kier alpha value is -2.63. The third kappa shape index (κ3) is 70.0. The molecule has 1 atom stereocenters. The minimum Gasteiger partial charge on any atom is -0.462 e. The first-order chi connectivity index (χ1) is 41.0. The number of allylic oxidation sites excluding steroid dienone is 8. The molecule has 0 aliphatic carbocycles. The maximum Gasteiger partial charge on any atom is 0.306 e. The van der Waals surface area contributed by atoms with Gasteiger partial charge in [-0.2, -0.15) is 0 Å². The van der Waals surface area contributed by atoms with Crippen LogP contribution in [0.4, 0.5) is 0 Å². The predicted molar refractivity (Wildman–Crippen MR) is 362 cm³/mol. The number of ether oxygens (including phenoxy) is 3. The van der Waals surface area contributed by atoms with E-state index in [4.69, 9.17) is 14.2 Å². The van der Waals surface area contributed by atoms with E-state index in [1.54, 1.807) is 0 Å². The highest BCUT2D eigenvalue weighted by molar-refractivity contribution is 5.71. The van der Waals surface area contributed by atoms with E-state index < -0.39 is 6.10 Å². The highest BCUT2D eigenvalue weighted by Gasteiger charge is 2.19. The number of rotatable bonds is 69. The average Bonchev–Trinajstić information content (AvgIpc) is 3.49. The SMILES string of the molecule is CCCCCCC/C=C\C/C=C\CCCCCCCCCCCCCCCCCC(=O)OCC(COC(=O)CCCCCCCCC/C=C\CCCCCCCC)OC(=O)CCCCCCCCCCC/C=C\CCCCCCCCCC. The Balaban J connectivity index is 4.28. The quantitative estimate of drug-likeness (QED) is 0.0261. The van der Waals surface area contributed by atoms with Crippen LogP contribution in [0, 0.1) is 0 Å². The summed E-state index contributed by atoms with van der Waals surface area (Å²) in [6.07, 6.45) is 91.4. The smallest absolute Gasteiger partial charge is 0.306 e. The van der Waals surface area contributed by atoms with Gasteiger partial charge in [-0.05, 0) is 103 Å². The summed E-state index contributed by atoms with van der Waals surface area (Å²) in [6, 6.07) is 0. The summed E-state index contributed by atoms with van der Waals surface area (Å²) >= 11 is 0. The van der Waals surface area contributed by atoms with Gasteiger partial charge in [0, 0.05) is 19.3 Å². The molecule has 6 heteroatoms. The van der Waals surface area contributed by atoms with Crippen LogP contribution in [-0.2, 0) is 28.6 Å². The van der Waals surface area contributed by atoms with Gasteiger partial charge in [-0.25, -0.2) is 0 Å².